The molecule has 0 aliphatic carbocycles. The lowest BCUT2D eigenvalue weighted by Crippen LogP contribution is -2.40. The van der Waals surface area contributed by atoms with Crippen LogP contribution in [0.3, 0.4) is 0 Å². The maximum absolute atomic E-state index is 12.9. The summed E-state index contributed by atoms with van der Waals surface area (Å²) in [6.07, 6.45) is 5.94. The molecule has 5 nitrogen and oxygen atoms in total. The van der Waals surface area contributed by atoms with Gasteiger partial charge < -0.3 is 14.2 Å². The number of aryl methyl sites for hydroxylation is 1. The zero-order chi connectivity index (χ0) is 16.5. The number of fused-ring (bicyclic) bond motifs is 1. The highest BCUT2D eigenvalue weighted by molar-refractivity contribution is 5.78. The van der Waals surface area contributed by atoms with Gasteiger partial charge in [-0.15, -0.1) is 0 Å². The molecule has 0 radical (unpaired) electrons. The Labute approximate surface area is 142 Å². The number of ether oxygens (including phenoxy) is 1. The van der Waals surface area contributed by atoms with Gasteiger partial charge in [-0.05, 0) is 44.2 Å². The van der Waals surface area contributed by atoms with Crippen LogP contribution in [0.4, 0.5) is 0 Å². The Bertz CT molecular complexity index is 733. The molecular formula is C19H25N3O2. The number of imidazole rings is 1. The molecule has 1 amide bonds. The standard InChI is InChI=1S/C19H25N3O2/c1-21-16-9-3-2-8-15(16)20-19(21)17-10-4-5-11-22(17)18(23)13-14-7-6-12-24-14/h2-3,8-9,14,17H,4-7,10-13H2,1H3/t14-,17+/m1/s1. The lowest BCUT2D eigenvalue weighted by Gasteiger charge is -2.35. The molecule has 24 heavy (non-hydrogen) atoms. The molecular weight excluding hydrogens is 302 g/mol. The quantitative estimate of drug-likeness (QED) is 0.870. The van der Waals surface area contributed by atoms with E-state index in [-0.39, 0.29) is 18.1 Å². The van der Waals surface area contributed by atoms with Gasteiger partial charge in [-0.1, -0.05) is 12.1 Å². The van der Waals surface area contributed by atoms with Crippen LogP contribution in [0.2, 0.25) is 0 Å². The van der Waals surface area contributed by atoms with Crippen LogP contribution in [-0.2, 0) is 16.6 Å². The van der Waals surface area contributed by atoms with Gasteiger partial charge in [0.25, 0.3) is 0 Å². The number of carbonyl (C=O) groups is 1. The summed E-state index contributed by atoms with van der Waals surface area (Å²) in [7, 11) is 2.06. The zero-order valence-electron chi connectivity index (χ0n) is 14.3. The Hall–Kier alpha value is -1.88. The first-order chi connectivity index (χ1) is 11.7. The predicted octanol–water partition coefficient (Wildman–Crippen LogP) is 3.20. The minimum Gasteiger partial charge on any atom is -0.378 e. The van der Waals surface area contributed by atoms with Crippen molar-refractivity contribution in [3.8, 4) is 0 Å². The van der Waals surface area contributed by atoms with E-state index in [1.807, 2.05) is 23.1 Å². The molecule has 4 rings (SSSR count). The maximum Gasteiger partial charge on any atom is 0.225 e. The van der Waals surface area contributed by atoms with Gasteiger partial charge in [-0.3, -0.25) is 4.79 Å². The number of nitrogens with zero attached hydrogens (tertiary/aromatic N) is 3. The van der Waals surface area contributed by atoms with Crippen molar-refractivity contribution in [2.45, 2.75) is 50.7 Å². The van der Waals surface area contributed by atoms with Crippen molar-refractivity contribution in [1.82, 2.24) is 14.5 Å². The summed E-state index contributed by atoms with van der Waals surface area (Å²) in [5, 5.41) is 0. The lowest BCUT2D eigenvalue weighted by molar-refractivity contribution is -0.137. The fraction of sp³-hybridized carbons (Fsp3) is 0.579. The molecule has 2 fully saturated rings. The minimum absolute atomic E-state index is 0.0880. The third kappa shape index (κ3) is 2.81. The number of amides is 1. The predicted molar refractivity (Wildman–Crippen MR) is 92.6 cm³/mol. The molecule has 0 N–H and O–H groups in total. The number of hydrogen-bond donors (Lipinski definition) is 0. The average molecular weight is 327 g/mol. The summed E-state index contributed by atoms with van der Waals surface area (Å²) in [6.45, 7) is 1.63. The lowest BCUT2D eigenvalue weighted by atomic mass is 10.00. The van der Waals surface area contributed by atoms with Crippen molar-refractivity contribution in [2.24, 2.45) is 7.05 Å². The number of carbonyl (C=O) groups excluding carboxylic acids is 1. The SMILES string of the molecule is Cn1c([C@@H]2CCCCN2C(=O)C[C@H]2CCCO2)nc2ccccc21. The smallest absolute Gasteiger partial charge is 0.225 e. The van der Waals surface area contributed by atoms with E-state index in [0.29, 0.717) is 6.42 Å². The van der Waals surface area contributed by atoms with Crippen molar-refractivity contribution in [3.63, 3.8) is 0 Å². The molecule has 2 saturated heterocycles. The van der Waals surface area contributed by atoms with E-state index in [0.717, 1.165) is 62.1 Å². The van der Waals surface area contributed by atoms with E-state index in [1.165, 1.54) is 0 Å². The molecule has 0 bridgehead atoms. The van der Waals surface area contributed by atoms with Crippen molar-refractivity contribution in [3.05, 3.63) is 30.1 Å². The Balaban J connectivity index is 1.60. The molecule has 1 aromatic carbocycles. The van der Waals surface area contributed by atoms with Gasteiger partial charge in [0.1, 0.15) is 5.82 Å². The molecule has 128 valence electrons. The summed E-state index contributed by atoms with van der Waals surface area (Å²) in [5.41, 5.74) is 2.14. The normalized spacial score (nSPS) is 24.6. The summed E-state index contributed by atoms with van der Waals surface area (Å²) < 4.78 is 7.81. The minimum atomic E-state index is 0.0880. The Morgan fingerprint density at radius 2 is 2.12 bits per heavy atom. The van der Waals surface area contributed by atoms with Crippen LogP contribution in [0.5, 0.6) is 0 Å². The molecule has 0 saturated carbocycles. The molecule has 2 atom stereocenters. The van der Waals surface area contributed by atoms with E-state index < -0.39 is 0 Å². The number of benzene rings is 1. The Morgan fingerprint density at radius 1 is 1.25 bits per heavy atom. The number of rotatable bonds is 3. The fourth-order valence-corrected chi connectivity index (χ4v) is 4.08. The first kappa shape index (κ1) is 15.6. The molecule has 2 aliphatic heterocycles. The van der Waals surface area contributed by atoms with E-state index in [1.54, 1.807) is 0 Å². The molecule has 1 aromatic heterocycles. The first-order valence-corrected chi connectivity index (χ1v) is 9.06. The second-order valence-corrected chi connectivity index (χ2v) is 6.96. The highest BCUT2D eigenvalue weighted by atomic mass is 16.5. The second-order valence-electron chi connectivity index (χ2n) is 6.96. The van der Waals surface area contributed by atoms with Gasteiger partial charge in [-0.2, -0.15) is 0 Å². The molecule has 0 unspecified atom stereocenters. The fourth-order valence-electron chi connectivity index (χ4n) is 4.08. The van der Waals surface area contributed by atoms with Crippen LogP contribution in [0.1, 0.15) is 50.4 Å². The number of hydrogen-bond acceptors (Lipinski definition) is 3. The topological polar surface area (TPSA) is 47.4 Å². The molecule has 2 aliphatic rings. The van der Waals surface area contributed by atoms with E-state index >= 15 is 0 Å². The summed E-state index contributed by atoms with van der Waals surface area (Å²) in [4.78, 5) is 19.8. The van der Waals surface area contributed by atoms with Gasteiger partial charge in [0, 0.05) is 20.2 Å². The van der Waals surface area contributed by atoms with Gasteiger partial charge in [0.05, 0.1) is 29.6 Å². The van der Waals surface area contributed by atoms with Gasteiger partial charge in [0.15, 0.2) is 0 Å². The number of aromatic nitrogens is 2. The van der Waals surface area contributed by atoms with E-state index in [2.05, 4.69) is 17.7 Å². The van der Waals surface area contributed by atoms with Crippen molar-refractivity contribution >= 4 is 16.9 Å². The summed E-state index contributed by atoms with van der Waals surface area (Å²) >= 11 is 0. The monoisotopic (exact) mass is 327 g/mol. The number of para-hydroxylation sites is 2. The molecule has 3 heterocycles. The Kier molecular flexibility index (Phi) is 4.27. The summed E-state index contributed by atoms with van der Waals surface area (Å²) in [5.74, 6) is 1.23. The van der Waals surface area contributed by atoms with Crippen molar-refractivity contribution in [2.75, 3.05) is 13.2 Å². The third-order valence-electron chi connectivity index (χ3n) is 5.37. The van der Waals surface area contributed by atoms with Crippen LogP contribution in [0, 0.1) is 0 Å². The highest BCUT2D eigenvalue weighted by Crippen LogP contribution is 2.33. The Morgan fingerprint density at radius 3 is 2.92 bits per heavy atom. The molecule has 2 aromatic rings. The van der Waals surface area contributed by atoms with Crippen LogP contribution in [0.25, 0.3) is 11.0 Å². The van der Waals surface area contributed by atoms with E-state index in [9.17, 15) is 4.79 Å². The molecule has 5 heteroatoms. The van der Waals surface area contributed by atoms with Gasteiger partial charge in [0.2, 0.25) is 5.91 Å². The van der Waals surface area contributed by atoms with Crippen LogP contribution in [0.15, 0.2) is 24.3 Å². The number of likely N-dealkylation sites (tertiary alicyclic amines) is 1. The maximum atomic E-state index is 12.9. The highest BCUT2D eigenvalue weighted by Gasteiger charge is 2.32. The molecule has 0 spiro atoms. The van der Waals surface area contributed by atoms with Crippen LogP contribution >= 0.6 is 0 Å². The van der Waals surface area contributed by atoms with Crippen LogP contribution < -0.4 is 0 Å². The van der Waals surface area contributed by atoms with Crippen molar-refractivity contribution < 1.29 is 9.53 Å². The summed E-state index contributed by atoms with van der Waals surface area (Å²) in [6, 6.07) is 8.27. The average Bonchev–Trinajstić information content (AvgIpc) is 3.23. The third-order valence-corrected chi connectivity index (χ3v) is 5.37. The van der Waals surface area contributed by atoms with Gasteiger partial charge in [-0.25, -0.2) is 4.98 Å². The van der Waals surface area contributed by atoms with Crippen molar-refractivity contribution in [1.29, 1.82) is 0 Å². The zero-order valence-corrected chi connectivity index (χ0v) is 14.3. The van der Waals surface area contributed by atoms with Crippen LogP contribution in [-0.4, -0.2) is 39.6 Å². The van der Waals surface area contributed by atoms with Gasteiger partial charge >= 0.3 is 0 Å². The largest absolute Gasteiger partial charge is 0.378 e. The first-order valence-electron chi connectivity index (χ1n) is 9.06. The number of piperidine rings is 1. The van der Waals surface area contributed by atoms with E-state index in [4.69, 9.17) is 9.72 Å². The second kappa shape index (κ2) is 6.55.